The largest absolute Gasteiger partial charge is 0.457 e. The maximum absolute atomic E-state index is 6.73. The molecule has 0 unspecified atom stereocenters. The fourth-order valence-corrected chi connectivity index (χ4v) is 7.78. The number of rotatable bonds is 0. The van der Waals surface area contributed by atoms with E-state index in [0.29, 0.717) is 0 Å². The van der Waals surface area contributed by atoms with Gasteiger partial charge in [0, 0.05) is 36.9 Å². The molecule has 2 aliphatic rings. The zero-order chi connectivity index (χ0) is 27.3. The Balaban J connectivity index is 1.56. The van der Waals surface area contributed by atoms with Gasteiger partial charge in [0.15, 0.2) is 0 Å². The molecule has 0 saturated heterocycles. The van der Waals surface area contributed by atoms with Crippen LogP contribution in [0.15, 0.2) is 135 Å². The van der Waals surface area contributed by atoms with Gasteiger partial charge in [0.2, 0.25) is 0 Å². The molecular formula is C37H20Br2O2. The molecule has 0 radical (unpaired) electrons. The van der Waals surface area contributed by atoms with Crippen LogP contribution in [0, 0.1) is 0 Å². The van der Waals surface area contributed by atoms with Gasteiger partial charge in [0.1, 0.15) is 22.7 Å². The first-order chi connectivity index (χ1) is 20.1. The SMILES string of the molecule is Brc1ccc2c(c1)C1(c3ccccc3Oc3cc4oc5ccccc5c4cc31)c1cc(Br)ccc1-c1ccccc1-2. The lowest BCUT2D eigenvalue weighted by Gasteiger charge is -2.42. The van der Waals surface area contributed by atoms with Crippen LogP contribution in [-0.4, -0.2) is 0 Å². The van der Waals surface area contributed by atoms with Crippen molar-refractivity contribution in [2.24, 2.45) is 0 Å². The second-order valence-corrected chi connectivity index (χ2v) is 12.5. The van der Waals surface area contributed by atoms with Gasteiger partial charge in [-0.1, -0.05) is 105 Å². The zero-order valence-electron chi connectivity index (χ0n) is 21.6. The molecule has 0 saturated carbocycles. The minimum absolute atomic E-state index is 0.673. The summed E-state index contributed by atoms with van der Waals surface area (Å²) >= 11 is 7.70. The first-order valence-corrected chi connectivity index (χ1v) is 15.1. The molecular weight excluding hydrogens is 636 g/mol. The van der Waals surface area contributed by atoms with Crippen molar-refractivity contribution in [2.75, 3.05) is 0 Å². The summed E-state index contributed by atoms with van der Waals surface area (Å²) in [5.74, 6) is 1.65. The van der Waals surface area contributed by atoms with Crippen molar-refractivity contribution in [3.63, 3.8) is 0 Å². The van der Waals surface area contributed by atoms with Crippen LogP contribution in [0.1, 0.15) is 22.3 Å². The summed E-state index contributed by atoms with van der Waals surface area (Å²) < 4.78 is 15.1. The van der Waals surface area contributed by atoms with Crippen LogP contribution in [-0.2, 0) is 5.41 Å². The standard InChI is InChI=1S/C37H20Br2O2/c38-21-13-15-25-23-7-1-2-8-24(23)26-16-14-22(39)18-31(26)37(30(25)17-21)29-10-4-6-12-34(29)41-36-20-35-28(19-32(36)37)27-9-3-5-11-33(27)40-35/h1-20H. The van der Waals surface area contributed by atoms with E-state index >= 15 is 0 Å². The minimum Gasteiger partial charge on any atom is -0.457 e. The predicted molar refractivity (Wildman–Crippen MR) is 172 cm³/mol. The van der Waals surface area contributed by atoms with E-state index in [1.807, 2.05) is 18.2 Å². The summed E-state index contributed by atoms with van der Waals surface area (Å²) in [6, 6.07) is 43.2. The summed E-state index contributed by atoms with van der Waals surface area (Å²) in [6.45, 7) is 0. The summed E-state index contributed by atoms with van der Waals surface area (Å²) in [5.41, 5.74) is 10.5. The Morgan fingerprint density at radius 1 is 0.439 bits per heavy atom. The Hall–Kier alpha value is -4.12. The number of halogens is 2. The molecule has 0 atom stereocenters. The van der Waals surface area contributed by atoms with Crippen molar-refractivity contribution in [1.82, 2.24) is 0 Å². The van der Waals surface area contributed by atoms with Crippen LogP contribution >= 0.6 is 31.9 Å². The van der Waals surface area contributed by atoms with Gasteiger partial charge in [-0.3, -0.25) is 0 Å². The number of hydrogen-bond donors (Lipinski definition) is 0. The number of fused-ring (bicyclic) bond motifs is 14. The first-order valence-electron chi connectivity index (χ1n) is 13.6. The molecule has 41 heavy (non-hydrogen) atoms. The molecule has 1 aromatic heterocycles. The van der Waals surface area contributed by atoms with Crippen LogP contribution in [0.3, 0.4) is 0 Å². The lowest BCUT2D eigenvalue weighted by Crippen LogP contribution is -2.34. The van der Waals surface area contributed by atoms with E-state index in [0.717, 1.165) is 53.5 Å². The third kappa shape index (κ3) is 3.12. The Labute approximate surface area is 253 Å². The Morgan fingerprint density at radius 3 is 1.80 bits per heavy atom. The minimum atomic E-state index is -0.673. The normalized spacial score (nSPS) is 14.0. The van der Waals surface area contributed by atoms with Crippen LogP contribution in [0.2, 0.25) is 0 Å². The average molecular weight is 656 g/mol. The lowest BCUT2D eigenvalue weighted by atomic mass is 9.62. The second kappa shape index (κ2) is 8.45. The van der Waals surface area contributed by atoms with Crippen molar-refractivity contribution >= 4 is 53.8 Å². The summed E-state index contributed by atoms with van der Waals surface area (Å²) in [5, 5.41) is 2.18. The molecule has 194 valence electrons. The van der Waals surface area contributed by atoms with Gasteiger partial charge in [-0.05, 0) is 75.8 Å². The Bertz CT molecular complexity index is 2150. The molecule has 7 aromatic rings. The molecule has 9 rings (SSSR count). The summed E-state index contributed by atoms with van der Waals surface area (Å²) in [6.07, 6.45) is 0. The average Bonchev–Trinajstić information content (AvgIpc) is 3.32. The highest BCUT2D eigenvalue weighted by Gasteiger charge is 2.49. The van der Waals surface area contributed by atoms with Crippen molar-refractivity contribution in [1.29, 1.82) is 0 Å². The van der Waals surface area contributed by atoms with Crippen LogP contribution in [0.25, 0.3) is 44.2 Å². The summed E-state index contributed by atoms with van der Waals surface area (Å²) in [7, 11) is 0. The fraction of sp³-hybridized carbons (Fsp3) is 0.0270. The molecule has 0 fully saturated rings. The monoisotopic (exact) mass is 654 g/mol. The number of furan rings is 1. The van der Waals surface area contributed by atoms with Crippen LogP contribution in [0.5, 0.6) is 11.5 Å². The van der Waals surface area contributed by atoms with E-state index in [9.17, 15) is 0 Å². The highest BCUT2D eigenvalue weighted by atomic mass is 79.9. The third-order valence-corrected chi connectivity index (χ3v) is 9.66. The van der Waals surface area contributed by atoms with Crippen molar-refractivity contribution in [3.05, 3.63) is 153 Å². The molecule has 2 heterocycles. The van der Waals surface area contributed by atoms with Crippen molar-refractivity contribution < 1.29 is 9.15 Å². The molecule has 1 aliphatic heterocycles. The molecule has 2 nitrogen and oxygen atoms in total. The van der Waals surface area contributed by atoms with Gasteiger partial charge in [0.25, 0.3) is 0 Å². The Kier molecular flexibility index (Phi) is 4.86. The number of benzene rings is 6. The number of ether oxygens (including phenoxy) is 1. The van der Waals surface area contributed by atoms with Crippen molar-refractivity contribution in [3.8, 4) is 33.8 Å². The van der Waals surface area contributed by atoms with Gasteiger partial charge in [-0.25, -0.2) is 0 Å². The first kappa shape index (κ1) is 23.6. The topological polar surface area (TPSA) is 22.4 Å². The number of para-hydroxylation sites is 2. The summed E-state index contributed by atoms with van der Waals surface area (Å²) in [4.78, 5) is 0. The molecule has 6 aromatic carbocycles. The van der Waals surface area contributed by atoms with Gasteiger partial charge < -0.3 is 9.15 Å². The van der Waals surface area contributed by atoms with E-state index in [-0.39, 0.29) is 0 Å². The van der Waals surface area contributed by atoms with Crippen LogP contribution in [0.4, 0.5) is 0 Å². The maximum atomic E-state index is 6.73. The predicted octanol–water partition coefficient (Wildman–Crippen LogP) is 11.2. The van der Waals surface area contributed by atoms with Crippen LogP contribution < -0.4 is 4.74 Å². The van der Waals surface area contributed by atoms with Gasteiger partial charge >= 0.3 is 0 Å². The van der Waals surface area contributed by atoms with Gasteiger partial charge in [-0.15, -0.1) is 0 Å². The zero-order valence-corrected chi connectivity index (χ0v) is 24.8. The molecule has 0 N–H and O–H groups in total. The quantitative estimate of drug-likeness (QED) is 0.162. The van der Waals surface area contributed by atoms with E-state index < -0.39 is 5.41 Å². The number of hydrogen-bond acceptors (Lipinski definition) is 2. The molecule has 0 bridgehead atoms. The third-order valence-electron chi connectivity index (χ3n) is 8.67. The van der Waals surface area contributed by atoms with Gasteiger partial charge in [-0.2, -0.15) is 0 Å². The lowest BCUT2D eigenvalue weighted by molar-refractivity contribution is 0.435. The van der Waals surface area contributed by atoms with E-state index in [1.54, 1.807) is 0 Å². The van der Waals surface area contributed by atoms with E-state index in [4.69, 9.17) is 9.15 Å². The van der Waals surface area contributed by atoms with E-state index in [1.165, 1.54) is 33.4 Å². The molecule has 1 spiro atoms. The molecule has 4 heteroatoms. The molecule has 1 aliphatic carbocycles. The fourth-order valence-electron chi connectivity index (χ4n) is 7.06. The van der Waals surface area contributed by atoms with E-state index in [2.05, 4.69) is 135 Å². The van der Waals surface area contributed by atoms with Crippen molar-refractivity contribution in [2.45, 2.75) is 5.41 Å². The maximum Gasteiger partial charge on any atom is 0.139 e. The Morgan fingerprint density at radius 2 is 1.07 bits per heavy atom. The second-order valence-electron chi connectivity index (χ2n) is 10.7. The smallest absolute Gasteiger partial charge is 0.139 e. The highest BCUT2D eigenvalue weighted by Crippen LogP contribution is 2.62. The molecule has 0 amide bonds. The van der Waals surface area contributed by atoms with Gasteiger partial charge in [0.05, 0.1) is 5.41 Å². The highest BCUT2D eigenvalue weighted by molar-refractivity contribution is 9.10.